The number of benzene rings is 1. The Hall–Kier alpha value is -2.01. The topological polar surface area (TPSA) is 67.1 Å². The molecule has 0 aliphatic rings. The maximum Gasteiger partial charge on any atom is 0.191 e. The van der Waals surface area contributed by atoms with Gasteiger partial charge in [-0.05, 0) is 42.5 Å². The van der Waals surface area contributed by atoms with Gasteiger partial charge in [0.05, 0.1) is 13.1 Å². The highest BCUT2D eigenvalue weighted by atomic mass is 127. The first-order chi connectivity index (χ1) is 13.1. The Morgan fingerprint density at radius 2 is 2.07 bits per heavy atom. The number of aliphatic imine (C=N–C) groups is 1. The molecule has 3 rings (SSSR count). The van der Waals surface area contributed by atoms with Crippen molar-refractivity contribution in [1.82, 2.24) is 25.4 Å². The summed E-state index contributed by atoms with van der Waals surface area (Å²) < 4.78 is 15.3. The largest absolute Gasteiger partial charge is 0.356 e. The molecule has 0 unspecified atom stereocenters. The highest BCUT2D eigenvalue weighted by Gasteiger charge is 2.06. The third-order valence-electron chi connectivity index (χ3n) is 4.15. The normalized spacial score (nSPS) is 11.2. The van der Waals surface area contributed by atoms with E-state index in [0.29, 0.717) is 19.0 Å². The van der Waals surface area contributed by atoms with E-state index in [0.717, 1.165) is 30.2 Å². The van der Waals surface area contributed by atoms with Crippen LogP contribution in [0.3, 0.4) is 0 Å². The number of hydrogen-bond donors (Lipinski definition) is 2. The number of thiophene rings is 1. The molecule has 0 fully saturated rings. The summed E-state index contributed by atoms with van der Waals surface area (Å²) in [5.74, 6) is 2.09. The third kappa shape index (κ3) is 6.55. The maximum atomic E-state index is 13.4. The fourth-order valence-electron chi connectivity index (χ4n) is 2.51. The number of aromatic nitrogens is 3. The van der Waals surface area contributed by atoms with E-state index >= 15 is 0 Å². The molecule has 28 heavy (non-hydrogen) atoms. The number of guanidine groups is 1. The lowest BCUT2D eigenvalue weighted by Crippen LogP contribution is -2.38. The number of nitrogens with zero attached hydrogens (tertiary/aromatic N) is 4. The van der Waals surface area contributed by atoms with E-state index in [1.54, 1.807) is 17.4 Å². The van der Waals surface area contributed by atoms with Gasteiger partial charge in [0, 0.05) is 18.5 Å². The van der Waals surface area contributed by atoms with Crippen LogP contribution < -0.4 is 10.6 Å². The second-order valence-electron chi connectivity index (χ2n) is 6.13. The molecule has 150 valence electrons. The predicted octanol–water partition coefficient (Wildman–Crippen LogP) is 3.42. The van der Waals surface area contributed by atoms with Crippen LogP contribution >= 0.6 is 35.3 Å². The van der Waals surface area contributed by atoms with Crippen molar-refractivity contribution in [3.63, 3.8) is 0 Å². The molecule has 0 aliphatic heterocycles. The summed E-state index contributed by atoms with van der Waals surface area (Å²) in [5.41, 5.74) is 0.823. The summed E-state index contributed by atoms with van der Waals surface area (Å²) in [6.07, 6.45) is 0.918. The van der Waals surface area contributed by atoms with Crippen molar-refractivity contribution in [2.45, 2.75) is 26.4 Å². The minimum Gasteiger partial charge on any atom is -0.356 e. The molecule has 2 N–H and O–H groups in total. The molecule has 0 amide bonds. The lowest BCUT2D eigenvalue weighted by molar-refractivity contribution is 0.625. The van der Waals surface area contributed by atoms with Crippen LogP contribution in [-0.2, 0) is 26.6 Å². The average molecular weight is 514 g/mol. The van der Waals surface area contributed by atoms with Gasteiger partial charge < -0.3 is 15.2 Å². The summed E-state index contributed by atoms with van der Waals surface area (Å²) in [6, 6.07) is 10.7. The second kappa shape index (κ2) is 11.1. The van der Waals surface area contributed by atoms with E-state index in [1.165, 1.54) is 17.0 Å². The number of hydrogen-bond acceptors (Lipinski definition) is 4. The fraction of sp³-hybridized carbons (Fsp3) is 0.316. The highest BCUT2D eigenvalue weighted by molar-refractivity contribution is 14.0. The van der Waals surface area contributed by atoms with Crippen molar-refractivity contribution in [3.8, 4) is 0 Å². The quantitative estimate of drug-likeness (QED) is 0.288. The van der Waals surface area contributed by atoms with Crippen molar-refractivity contribution in [2.24, 2.45) is 12.0 Å². The van der Waals surface area contributed by atoms with Crippen LogP contribution in [-0.4, -0.2) is 27.3 Å². The van der Waals surface area contributed by atoms with E-state index in [1.807, 2.05) is 30.7 Å². The Balaban J connectivity index is 0.00000280. The van der Waals surface area contributed by atoms with Crippen LogP contribution in [0.4, 0.5) is 4.39 Å². The summed E-state index contributed by atoms with van der Waals surface area (Å²) in [4.78, 5) is 5.89. The molecule has 1 aromatic carbocycles. The molecule has 0 saturated heterocycles. The first-order valence-electron chi connectivity index (χ1n) is 8.75. The van der Waals surface area contributed by atoms with Gasteiger partial charge >= 0.3 is 0 Å². The van der Waals surface area contributed by atoms with E-state index in [4.69, 9.17) is 0 Å². The lowest BCUT2D eigenvalue weighted by atomic mass is 10.2. The zero-order chi connectivity index (χ0) is 19.1. The van der Waals surface area contributed by atoms with Gasteiger partial charge in [0.25, 0.3) is 0 Å². The monoisotopic (exact) mass is 514 g/mol. The van der Waals surface area contributed by atoms with Crippen molar-refractivity contribution in [1.29, 1.82) is 0 Å². The Labute approximate surface area is 185 Å². The number of halogens is 2. The third-order valence-corrected chi connectivity index (χ3v) is 5.09. The van der Waals surface area contributed by atoms with Gasteiger partial charge in [-0.2, -0.15) is 0 Å². The molecule has 0 bridgehead atoms. The van der Waals surface area contributed by atoms with E-state index in [9.17, 15) is 4.39 Å². The Morgan fingerprint density at radius 1 is 1.21 bits per heavy atom. The molecule has 2 aromatic heterocycles. The van der Waals surface area contributed by atoms with Crippen LogP contribution in [0.1, 0.15) is 22.1 Å². The van der Waals surface area contributed by atoms with Crippen LogP contribution in [0.25, 0.3) is 0 Å². The first-order valence-corrected chi connectivity index (χ1v) is 9.63. The molecular weight excluding hydrogens is 490 g/mol. The molecule has 0 radical (unpaired) electrons. The summed E-state index contributed by atoms with van der Waals surface area (Å²) >= 11 is 1.74. The van der Waals surface area contributed by atoms with Crippen LogP contribution in [0.15, 0.2) is 46.8 Å². The lowest BCUT2D eigenvalue weighted by Gasteiger charge is -2.12. The minimum absolute atomic E-state index is 0. The molecule has 0 saturated carbocycles. The second-order valence-corrected chi connectivity index (χ2v) is 7.16. The van der Waals surface area contributed by atoms with Crippen molar-refractivity contribution in [2.75, 3.05) is 6.54 Å². The Morgan fingerprint density at radius 3 is 2.75 bits per heavy atom. The van der Waals surface area contributed by atoms with Gasteiger partial charge in [0.2, 0.25) is 0 Å². The van der Waals surface area contributed by atoms with Gasteiger partial charge in [-0.25, -0.2) is 9.38 Å². The summed E-state index contributed by atoms with van der Waals surface area (Å²) in [7, 11) is 1.93. The van der Waals surface area contributed by atoms with Crippen molar-refractivity contribution >= 4 is 41.3 Å². The van der Waals surface area contributed by atoms with E-state index < -0.39 is 0 Å². The highest BCUT2D eigenvalue weighted by Crippen LogP contribution is 2.08. The first kappa shape index (κ1) is 22.3. The van der Waals surface area contributed by atoms with Crippen molar-refractivity contribution in [3.05, 3.63) is 69.7 Å². The molecule has 0 spiro atoms. The predicted molar refractivity (Wildman–Crippen MR) is 122 cm³/mol. The molecule has 0 aliphatic carbocycles. The molecule has 2 heterocycles. The Bertz CT molecular complexity index is 894. The molecule has 3 aromatic rings. The standard InChI is InChI=1S/C19H23FN6S.HI/c1-14-24-25-18(26(14)2)13-23-19(21-9-8-17-7-4-10-27-17)22-12-15-5-3-6-16(20)11-15;/h3-7,10-11H,8-9,12-13H2,1-2H3,(H2,21,22,23);1H. The number of aryl methyl sites for hydroxylation is 1. The fourth-order valence-corrected chi connectivity index (χ4v) is 3.22. The SMILES string of the molecule is Cc1nnc(CNC(=NCc2cccc(F)c2)NCCc2cccs2)n1C.I. The number of nitrogens with one attached hydrogen (secondary N) is 2. The average Bonchev–Trinajstić information content (AvgIpc) is 3.28. The summed E-state index contributed by atoms with van der Waals surface area (Å²) in [5, 5.41) is 16.9. The molecule has 9 heteroatoms. The van der Waals surface area contributed by atoms with Crippen LogP contribution in [0.5, 0.6) is 0 Å². The minimum atomic E-state index is -0.252. The maximum absolute atomic E-state index is 13.4. The van der Waals surface area contributed by atoms with E-state index in [-0.39, 0.29) is 29.8 Å². The molecular formula is C19H24FIN6S. The van der Waals surface area contributed by atoms with Gasteiger partial charge in [-0.15, -0.1) is 45.5 Å². The molecule has 0 atom stereocenters. The zero-order valence-electron chi connectivity index (χ0n) is 15.9. The number of rotatable bonds is 7. The van der Waals surface area contributed by atoms with Gasteiger partial charge in [0.1, 0.15) is 11.6 Å². The smallest absolute Gasteiger partial charge is 0.191 e. The zero-order valence-corrected chi connectivity index (χ0v) is 19.0. The van der Waals surface area contributed by atoms with Gasteiger partial charge in [-0.1, -0.05) is 18.2 Å². The van der Waals surface area contributed by atoms with Gasteiger partial charge in [-0.3, -0.25) is 0 Å². The van der Waals surface area contributed by atoms with Crippen LogP contribution in [0.2, 0.25) is 0 Å². The van der Waals surface area contributed by atoms with E-state index in [2.05, 4.69) is 37.3 Å². The van der Waals surface area contributed by atoms with Gasteiger partial charge in [0.15, 0.2) is 11.8 Å². The summed E-state index contributed by atoms with van der Waals surface area (Å²) in [6.45, 7) is 3.57. The van der Waals surface area contributed by atoms with Crippen LogP contribution in [0, 0.1) is 12.7 Å². The Kier molecular flexibility index (Phi) is 8.84. The van der Waals surface area contributed by atoms with Crippen molar-refractivity contribution < 1.29 is 4.39 Å². The molecule has 6 nitrogen and oxygen atoms in total.